The molecule has 4 aromatic rings. The van der Waals surface area contributed by atoms with Crippen LogP contribution in [0.3, 0.4) is 0 Å². The van der Waals surface area contributed by atoms with E-state index in [-0.39, 0.29) is 11.1 Å². The number of carboxylic acid groups (broad SMARTS) is 1. The first-order valence-electron chi connectivity index (χ1n) is 11.0. The van der Waals surface area contributed by atoms with E-state index in [9.17, 15) is 13.6 Å². The van der Waals surface area contributed by atoms with Crippen molar-refractivity contribution in [3.05, 3.63) is 59.8 Å². The fourth-order valence-electron chi connectivity index (χ4n) is 3.01. The number of aromatic amines is 1. The molecule has 1 aliphatic rings. The second-order valence-corrected chi connectivity index (χ2v) is 8.32. The number of carbonyl (C=O) groups is 1. The summed E-state index contributed by atoms with van der Waals surface area (Å²) in [6.07, 6.45) is 4.07. The van der Waals surface area contributed by atoms with Gasteiger partial charge in [0.15, 0.2) is 0 Å². The van der Waals surface area contributed by atoms with Crippen LogP contribution in [-0.2, 0) is 4.74 Å². The van der Waals surface area contributed by atoms with E-state index in [0.717, 1.165) is 0 Å². The molecule has 4 heterocycles. The normalized spacial score (nSPS) is 14.6. The van der Waals surface area contributed by atoms with Gasteiger partial charge in [0, 0.05) is 49.2 Å². The van der Waals surface area contributed by atoms with Gasteiger partial charge in [0.25, 0.3) is 0 Å². The molecule has 0 bridgehead atoms. The van der Waals surface area contributed by atoms with E-state index in [1.165, 1.54) is 6.07 Å². The average Bonchev–Trinajstić information content (AvgIpc) is 3.59. The Hall–Kier alpha value is -3.77. The molecule has 4 N–H and O–H groups in total. The van der Waals surface area contributed by atoms with Crippen molar-refractivity contribution in [1.82, 2.24) is 29.9 Å². The molecule has 36 heavy (non-hydrogen) atoms. The molecule has 1 atom stereocenters. The number of ether oxygens (including phenoxy) is 1. The number of hydrogen-bond acceptors (Lipinski definition) is 6. The van der Waals surface area contributed by atoms with E-state index in [1.54, 1.807) is 55.0 Å². The topological polar surface area (TPSA) is 129 Å². The molecule has 10 nitrogen and oxygen atoms in total. The number of imidazole rings is 1. The molecule has 1 fully saturated rings. The molecule has 0 spiro atoms. The number of rotatable bonds is 4. The number of fused-ring (bicyclic) bond motifs is 1. The third kappa shape index (κ3) is 7.89. The fourth-order valence-corrected chi connectivity index (χ4v) is 3.19. The lowest BCUT2D eigenvalue weighted by Crippen LogP contribution is -2.27. The number of H-pyrrole nitrogens is 1. The van der Waals surface area contributed by atoms with Crippen LogP contribution in [0, 0.1) is 5.82 Å². The molecule has 192 valence electrons. The second-order valence-electron chi connectivity index (χ2n) is 7.91. The van der Waals surface area contributed by atoms with Crippen LogP contribution in [0.15, 0.2) is 48.9 Å². The van der Waals surface area contributed by atoms with Gasteiger partial charge in [-0.1, -0.05) is 11.6 Å². The van der Waals surface area contributed by atoms with Crippen LogP contribution in [0.2, 0.25) is 5.02 Å². The number of nitrogens with one attached hydrogen (secondary N) is 3. The third-order valence-electron chi connectivity index (χ3n) is 4.64. The van der Waals surface area contributed by atoms with E-state index in [2.05, 4.69) is 35.5 Å². The lowest BCUT2D eigenvalue weighted by molar-refractivity contribution is 0.173. The monoisotopic (exact) mass is 521 g/mol. The minimum Gasteiger partial charge on any atom is -0.465 e. The van der Waals surface area contributed by atoms with Crippen molar-refractivity contribution in [2.45, 2.75) is 32.5 Å². The van der Waals surface area contributed by atoms with Crippen LogP contribution >= 0.6 is 11.6 Å². The van der Waals surface area contributed by atoms with Crippen molar-refractivity contribution in [2.75, 3.05) is 18.5 Å². The van der Waals surface area contributed by atoms with Gasteiger partial charge in [0.2, 0.25) is 5.95 Å². The number of halogens is 3. The highest BCUT2D eigenvalue weighted by Gasteiger charge is 2.12. The Kier molecular flexibility index (Phi) is 9.53. The zero-order chi connectivity index (χ0) is 26.1. The van der Waals surface area contributed by atoms with Gasteiger partial charge in [-0.05, 0) is 32.0 Å². The summed E-state index contributed by atoms with van der Waals surface area (Å²) >= 11 is 5.86. The smallest absolute Gasteiger partial charge is 0.404 e. The highest BCUT2D eigenvalue weighted by Crippen LogP contribution is 2.26. The summed E-state index contributed by atoms with van der Waals surface area (Å²) in [6, 6.07) is 8.10. The predicted octanol–water partition coefficient (Wildman–Crippen LogP) is 5.06. The van der Waals surface area contributed by atoms with Crippen molar-refractivity contribution in [3.8, 4) is 11.3 Å². The summed E-state index contributed by atoms with van der Waals surface area (Å²) in [4.78, 5) is 18.6. The lowest BCUT2D eigenvalue weighted by Gasteiger charge is -2.09. The molecular formula is C23H26ClF2N7O3. The Morgan fingerprint density at radius 1 is 1.31 bits per heavy atom. The summed E-state index contributed by atoms with van der Waals surface area (Å²) in [5.41, 5.74) is 2.04. The van der Waals surface area contributed by atoms with Crippen molar-refractivity contribution < 1.29 is 23.4 Å². The van der Waals surface area contributed by atoms with Crippen LogP contribution in [0.5, 0.6) is 0 Å². The zero-order valence-corrected chi connectivity index (χ0v) is 20.3. The first-order valence-corrected chi connectivity index (χ1v) is 11.4. The molecule has 1 aromatic carbocycles. The molecule has 5 rings (SSSR count). The summed E-state index contributed by atoms with van der Waals surface area (Å²) in [5.74, 6) is 0.787. The quantitative estimate of drug-likeness (QED) is 0.295. The molecule has 3 aromatic heterocycles. The number of amides is 1. The predicted molar refractivity (Wildman–Crippen MR) is 132 cm³/mol. The molecular weight excluding hydrogens is 496 g/mol. The minimum atomic E-state index is -0.963. The Balaban J connectivity index is 0.000000229. The number of aromatic nitrogens is 5. The van der Waals surface area contributed by atoms with E-state index in [0.29, 0.717) is 48.3 Å². The van der Waals surface area contributed by atoms with E-state index >= 15 is 0 Å². The molecule has 1 amide bonds. The molecule has 1 unspecified atom stereocenters. The van der Waals surface area contributed by atoms with Crippen LogP contribution < -0.4 is 10.6 Å². The maximum atomic E-state index is 13.4. The Labute approximate surface area is 210 Å². The van der Waals surface area contributed by atoms with Gasteiger partial charge in [-0.25, -0.2) is 23.5 Å². The molecule has 0 radical (unpaired) electrons. The number of anilines is 2. The number of nitrogens with zero attached hydrogens (tertiary/aromatic N) is 4. The standard InChI is InChI=1S/C15H10ClFN6.C4H7FO.C4H9NO2/c16-10-7-9(1-2-11(10)17)12-8-14-18-5-6-23(14)15(20-12)21-13-3-4-19-22-13;5-4-1-2-6-3-4;1-3(2)5-4(6)7/h1-8H,(H2,19,20,21,22);4H,1-3H2;3,5H,1-2H3,(H,6,7). The minimum absolute atomic E-state index is 0.0255. The maximum Gasteiger partial charge on any atom is 0.404 e. The SMILES string of the molecule is CC(C)NC(=O)O.FC1CCOC1.Fc1ccc(-c2cc3nccn3c(Nc3ccn[nH]3)n2)cc1Cl. The third-order valence-corrected chi connectivity index (χ3v) is 4.93. The summed E-state index contributed by atoms with van der Waals surface area (Å²) < 4.78 is 31.6. The number of benzene rings is 1. The Bertz CT molecular complexity index is 1260. The van der Waals surface area contributed by atoms with E-state index in [4.69, 9.17) is 16.7 Å². The Morgan fingerprint density at radius 2 is 2.11 bits per heavy atom. The second kappa shape index (κ2) is 12.8. The number of hydrogen-bond donors (Lipinski definition) is 4. The van der Waals surface area contributed by atoms with Crippen LogP contribution in [0.4, 0.5) is 25.3 Å². The van der Waals surface area contributed by atoms with E-state index < -0.39 is 18.1 Å². The fraction of sp³-hybridized carbons (Fsp3) is 0.304. The van der Waals surface area contributed by atoms with Crippen LogP contribution in [0.25, 0.3) is 16.9 Å². The first-order chi connectivity index (χ1) is 17.2. The van der Waals surface area contributed by atoms with Gasteiger partial charge in [-0.15, -0.1) is 0 Å². The lowest BCUT2D eigenvalue weighted by atomic mass is 10.1. The number of alkyl halides is 1. The Morgan fingerprint density at radius 3 is 2.64 bits per heavy atom. The van der Waals surface area contributed by atoms with Gasteiger partial charge in [0.05, 0.1) is 23.5 Å². The summed E-state index contributed by atoms with van der Waals surface area (Å²) in [5, 5.41) is 20.1. The van der Waals surface area contributed by atoms with Crippen LogP contribution in [0.1, 0.15) is 20.3 Å². The van der Waals surface area contributed by atoms with Crippen LogP contribution in [-0.4, -0.2) is 61.2 Å². The summed E-state index contributed by atoms with van der Waals surface area (Å²) in [7, 11) is 0. The van der Waals surface area contributed by atoms with Gasteiger partial charge < -0.3 is 20.5 Å². The van der Waals surface area contributed by atoms with Crippen molar-refractivity contribution in [3.63, 3.8) is 0 Å². The van der Waals surface area contributed by atoms with Gasteiger partial charge >= 0.3 is 6.09 Å². The molecule has 1 saturated heterocycles. The molecule has 1 aliphatic heterocycles. The zero-order valence-electron chi connectivity index (χ0n) is 19.6. The van der Waals surface area contributed by atoms with Gasteiger partial charge in [-0.3, -0.25) is 9.50 Å². The van der Waals surface area contributed by atoms with Gasteiger partial charge in [-0.2, -0.15) is 5.10 Å². The molecule has 0 aliphatic carbocycles. The molecule has 13 heteroatoms. The first kappa shape index (κ1) is 26.8. The average molecular weight is 522 g/mol. The highest BCUT2D eigenvalue weighted by molar-refractivity contribution is 6.31. The largest absolute Gasteiger partial charge is 0.465 e. The highest BCUT2D eigenvalue weighted by atomic mass is 35.5. The maximum absolute atomic E-state index is 13.4. The van der Waals surface area contributed by atoms with Crippen molar-refractivity contribution in [1.29, 1.82) is 0 Å². The molecule has 0 saturated carbocycles. The van der Waals surface area contributed by atoms with Crippen molar-refractivity contribution >= 4 is 35.1 Å². The van der Waals surface area contributed by atoms with Gasteiger partial charge in [0.1, 0.15) is 23.5 Å². The summed E-state index contributed by atoms with van der Waals surface area (Å²) in [6.45, 7) is 4.48. The van der Waals surface area contributed by atoms with Crippen molar-refractivity contribution in [2.24, 2.45) is 0 Å². The van der Waals surface area contributed by atoms with E-state index in [1.807, 2.05) is 6.07 Å².